The summed E-state index contributed by atoms with van der Waals surface area (Å²) in [5.41, 5.74) is 0. The Morgan fingerprint density at radius 1 is 0.500 bits per heavy atom. The zero-order chi connectivity index (χ0) is 8.49. The summed E-state index contributed by atoms with van der Waals surface area (Å²) in [6, 6.07) is 0. The van der Waals surface area contributed by atoms with Gasteiger partial charge in [-0.25, -0.2) is 0 Å². The summed E-state index contributed by atoms with van der Waals surface area (Å²) in [6.07, 6.45) is 22.0. The van der Waals surface area contributed by atoms with Gasteiger partial charge < -0.3 is 0 Å². The lowest BCUT2D eigenvalue weighted by Crippen LogP contribution is -1.67. The molecule has 0 N–H and O–H groups in total. The molecule has 1 aliphatic rings. The first kappa shape index (κ1) is 9.05. The fourth-order valence-electron chi connectivity index (χ4n) is 1.09. The van der Waals surface area contributed by atoms with Crippen LogP contribution >= 0.6 is 0 Å². The van der Waals surface area contributed by atoms with E-state index in [0.29, 0.717) is 0 Å². The highest BCUT2D eigenvalue weighted by atomic mass is 13.8. The van der Waals surface area contributed by atoms with Crippen molar-refractivity contribution in [3.63, 3.8) is 0 Å². The van der Waals surface area contributed by atoms with Gasteiger partial charge >= 0.3 is 0 Å². The van der Waals surface area contributed by atoms with E-state index in [4.69, 9.17) is 0 Å². The van der Waals surface area contributed by atoms with Crippen molar-refractivity contribution in [2.45, 2.75) is 25.7 Å². The number of rotatable bonds is 0. The Hall–Kier alpha value is -1.04. The molecule has 0 heteroatoms. The van der Waals surface area contributed by atoms with Crippen LogP contribution in [0.25, 0.3) is 0 Å². The zero-order valence-corrected chi connectivity index (χ0v) is 7.45. The van der Waals surface area contributed by atoms with Crippen LogP contribution in [0, 0.1) is 0 Å². The van der Waals surface area contributed by atoms with Gasteiger partial charge in [0.05, 0.1) is 0 Å². The van der Waals surface area contributed by atoms with Gasteiger partial charge in [0.2, 0.25) is 0 Å². The molecular formula is C12H16. The lowest BCUT2D eigenvalue weighted by atomic mass is 10.2. The highest BCUT2D eigenvalue weighted by molar-refractivity contribution is 5.07. The predicted octanol–water partition coefficient (Wildman–Crippen LogP) is 3.79. The normalized spacial score (nSPS) is 26.7. The van der Waals surface area contributed by atoms with Gasteiger partial charge in [0.1, 0.15) is 0 Å². The molecule has 0 heterocycles. The van der Waals surface area contributed by atoms with Crippen molar-refractivity contribution in [1.29, 1.82) is 0 Å². The van der Waals surface area contributed by atoms with Crippen molar-refractivity contribution in [1.82, 2.24) is 0 Å². The molecule has 0 radical (unpaired) electrons. The second-order valence-corrected chi connectivity index (χ2v) is 2.85. The van der Waals surface area contributed by atoms with Crippen LogP contribution in [-0.4, -0.2) is 0 Å². The summed E-state index contributed by atoms with van der Waals surface area (Å²) in [5.74, 6) is 0. The lowest BCUT2D eigenvalue weighted by molar-refractivity contribution is 1.04. The van der Waals surface area contributed by atoms with Gasteiger partial charge in [0.25, 0.3) is 0 Å². The average molecular weight is 160 g/mol. The van der Waals surface area contributed by atoms with Gasteiger partial charge in [-0.15, -0.1) is 0 Å². The van der Waals surface area contributed by atoms with E-state index in [2.05, 4.69) is 48.6 Å². The molecular weight excluding hydrogens is 144 g/mol. The number of hydrogen-bond acceptors (Lipinski definition) is 0. The van der Waals surface area contributed by atoms with E-state index in [1.807, 2.05) is 0 Å². The second-order valence-electron chi connectivity index (χ2n) is 2.85. The molecule has 0 spiro atoms. The molecule has 1 rings (SSSR count). The smallest absolute Gasteiger partial charge is 0.0166 e. The minimum Gasteiger partial charge on any atom is -0.0879 e. The van der Waals surface area contributed by atoms with E-state index >= 15 is 0 Å². The third-order valence-corrected chi connectivity index (χ3v) is 1.76. The first-order valence-electron chi connectivity index (χ1n) is 4.62. The number of allylic oxidation sites excluding steroid dienone is 8. The summed E-state index contributed by atoms with van der Waals surface area (Å²) in [5, 5.41) is 0. The third kappa shape index (κ3) is 4.73. The SMILES string of the molecule is C1=CCC/C=C\C/C=C\C=C\C1. The van der Waals surface area contributed by atoms with Crippen LogP contribution < -0.4 is 0 Å². The fourth-order valence-corrected chi connectivity index (χ4v) is 1.09. The first-order chi connectivity index (χ1) is 6.00. The maximum absolute atomic E-state index is 2.25. The minimum absolute atomic E-state index is 1.06. The van der Waals surface area contributed by atoms with Gasteiger partial charge in [-0.2, -0.15) is 0 Å². The van der Waals surface area contributed by atoms with Crippen LogP contribution in [0.2, 0.25) is 0 Å². The van der Waals surface area contributed by atoms with Crippen LogP contribution in [0.15, 0.2) is 48.6 Å². The Labute approximate surface area is 75.0 Å². The van der Waals surface area contributed by atoms with Crippen molar-refractivity contribution in [2.24, 2.45) is 0 Å². The Bertz CT molecular complexity index is 180. The quantitative estimate of drug-likeness (QED) is 0.473. The Balaban J connectivity index is 2.41. The molecule has 0 aromatic rings. The number of hydrogen-bond donors (Lipinski definition) is 0. The zero-order valence-electron chi connectivity index (χ0n) is 7.45. The van der Waals surface area contributed by atoms with Crippen molar-refractivity contribution in [3.8, 4) is 0 Å². The van der Waals surface area contributed by atoms with Gasteiger partial charge in [0, 0.05) is 0 Å². The molecule has 0 aromatic carbocycles. The largest absolute Gasteiger partial charge is 0.0879 e. The summed E-state index contributed by atoms with van der Waals surface area (Å²) in [4.78, 5) is 0. The average Bonchev–Trinajstić information content (AvgIpc) is 2.05. The topological polar surface area (TPSA) is 0 Å². The summed E-state index contributed by atoms with van der Waals surface area (Å²) < 4.78 is 0. The molecule has 0 unspecified atom stereocenters. The van der Waals surface area contributed by atoms with E-state index in [1.165, 1.54) is 12.8 Å². The van der Waals surface area contributed by atoms with Crippen molar-refractivity contribution < 1.29 is 0 Å². The molecule has 0 aliphatic heterocycles. The van der Waals surface area contributed by atoms with E-state index < -0.39 is 0 Å². The summed E-state index contributed by atoms with van der Waals surface area (Å²) in [7, 11) is 0. The molecule has 0 saturated heterocycles. The van der Waals surface area contributed by atoms with Gasteiger partial charge in [0.15, 0.2) is 0 Å². The minimum atomic E-state index is 1.06. The molecule has 0 nitrogen and oxygen atoms in total. The monoisotopic (exact) mass is 160 g/mol. The highest BCUT2D eigenvalue weighted by Crippen LogP contribution is 1.98. The molecule has 0 atom stereocenters. The van der Waals surface area contributed by atoms with Crippen LogP contribution in [0.1, 0.15) is 25.7 Å². The van der Waals surface area contributed by atoms with E-state index in [-0.39, 0.29) is 0 Å². The van der Waals surface area contributed by atoms with Gasteiger partial charge in [-0.3, -0.25) is 0 Å². The highest BCUT2D eigenvalue weighted by Gasteiger charge is 1.77. The van der Waals surface area contributed by atoms with E-state index in [9.17, 15) is 0 Å². The third-order valence-electron chi connectivity index (χ3n) is 1.76. The van der Waals surface area contributed by atoms with Crippen LogP contribution in [0.3, 0.4) is 0 Å². The standard InChI is InChI=1S/C12H16/c1-2-4-6-8-10-12-11-9-7-5-3-1/h1-4,7-10H,5-6,11-12H2/b3-1-,4-2+,9-7-,10-8?. The molecule has 0 aromatic heterocycles. The molecule has 0 amide bonds. The van der Waals surface area contributed by atoms with Crippen molar-refractivity contribution in [2.75, 3.05) is 0 Å². The van der Waals surface area contributed by atoms with Crippen LogP contribution in [-0.2, 0) is 0 Å². The van der Waals surface area contributed by atoms with Gasteiger partial charge in [-0.05, 0) is 25.7 Å². The molecule has 0 bridgehead atoms. The maximum Gasteiger partial charge on any atom is -0.0166 e. The van der Waals surface area contributed by atoms with Gasteiger partial charge in [-0.1, -0.05) is 48.6 Å². The molecule has 64 valence electrons. The predicted molar refractivity (Wildman–Crippen MR) is 55.0 cm³/mol. The maximum atomic E-state index is 2.25. The fraction of sp³-hybridized carbons (Fsp3) is 0.333. The summed E-state index contributed by atoms with van der Waals surface area (Å²) in [6.45, 7) is 0. The van der Waals surface area contributed by atoms with E-state index in [0.717, 1.165) is 12.8 Å². The van der Waals surface area contributed by atoms with Crippen LogP contribution in [0.4, 0.5) is 0 Å². The lowest BCUT2D eigenvalue weighted by Gasteiger charge is -1.88. The Morgan fingerprint density at radius 3 is 1.50 bits per heavy atom. The van der Waals surface area contributed by atoms with E-state index in [1.54, 1.807) is 0 Å². The summed E-state index contributed by atoms with van der Waals surface area (Å²) >= 11 is 0. The first-order valence-corrected chi connectivity index (χ1v) is 4.62. The molecule has 0 fully saturated rings. The molecule has 0 saturated carbocycles. The second kappa shape index (κ2) is 6.66. The van der Waals surface area contributed by atoms with Crippen LogP contribution in [0.5, 0.6) is 0 Å². The van der Waals surface area contributed by atoms with Crippen molar-refractivity contribution in [3.05, 3.63) is 48.6 Å². The van der Waals surface area contributed by atoms with Crippen molar-refractivity contribution >= 4 is 0 Å². The molecule has 1 aliphatic carbocycles. The molecule has 12 heavy (non-hydrogen) atoms. The Morgan fingerprint density at radius 2 is 1.00 bits per heavy atom. The Kier molecular flexibility index (Phi) is 5.02.